The van der Waals surface area contributed by atoms with Gasteiger partial charge in [0, 0.05) is 33.9 Å². The fourth-order valence-electron chi connectivity index (χ4n) is 4.64. The van der Waals surface area contributed by atoms with Crippen LogP contribution in [0.15, 0.2) is 91.0 Å². The van der Waals surface area contributed by atoms with Gasteiger partial charge in [-0.2, -0.15) is 0 Å². The lowest BCUT2D eigenvalue weighted by Crippen LogP contribution is -2.35. The average molecular weight is 575 g/mol. The first kappa shape index (κ1) is 28.1. The van der Waals surface area contributed by atoms with Crippen molar-refractivity contribution in [2.75, 3.05) is 12.4 Å². The molecule has 0 bridgehead atoms. The third kappa shape index (κ3) is 6.67. The Morgan fingerprint density at radius 3 is 2.56 bits per heavy atom. The standard InChI is InChI=1S/C32H28ClFN2O5/c1-39-31-23(11-7-13-27(31)40-19-20-8-3-2-4-9-20)30-24-16-22(33)14-15-26(24)36-32(38)28(41-30)17-29(37)35-18-21-10-5-6-12-25(21)34/h2-16,28,30H,17-19H2,1H3,(H,35,37)(H,36,38)/t28-,30-/m0/s1. The van der Waals surface area contributed by atoms with Crippen LogP contribution in [0.25, 0.3) is 0 Å². The van der Waals surface area contributed by atoms with Crippen LogP contribution >= 0.6 is 11.6 Å². The molecule has 1 heterocycles. The molecular weight excluding hydrogens is 547 g/mol. The van der Waals surface area contributed by atoms with E-state index in [0.29, 0.717) is 45.5 Å². The number of methoxy groups -OCH3 is 1. The summed E-state index contributed by atoms with van der Waals surface area (Å²) in [7, 11) is 1.53. The highest BCUT2D eigenvalue weighted by Gasteiger charge is 2.35. The van der Waals surface area contributed by atoms with Gasteiger partial charge in [0.25, 0.3) is 5.91 Å². The van der Waals surface area contributed by atoms with Crippen molar-refractivity contribution in [2.24, 2.45) is 0 Å². The van der Waals surface area contributed by atoms with Gasteiger partial charge in [0.1, 0.15) is 24.6 Å². The molecule has 4 aromatic rings. The van der Waals surface area contributed by atoms with Crippen LogP contribution in [0.3, 0.4) is 0 Å². The molecular formula is C32H28ClFN2O5. The van der Waals surface area contributed by atoms with Crippen LogP contribution in [0, 0.1) is 5.82 Å². The van der Waals surface area contributed by atoms with Crippen molar-refractivity contribution in [3.05, 3.63) is 124 Å². The third-order valence-electron chi connectivity index (χ3n) is 6.68. The minimum Gasteiger partial charge on any atom is -0.492 e. The molecule has 41 heavy (non-hydrogen) atoms. The maximum atomic E-state index is 14.0. The van der Waals surface area contributed by atoms with E-state index in [1.807, 2.05) is 42.5 Å². The predicted octanol–water partition coefficient (Wildman–Crippen LogP) is 6.20. The highest BCUT2D eigenvalue weighted by Crippen LogP contribution is 2.44. The highest BCUT2D eigenvalue weighted by molar-refractivity contribution is 6.30. The summed E-state index contributed by atoms with van der Waals surface area (Å²) in [5.41, 5.74) is 3.01. The number of para-hydroxylation sites is 1. The number of amides is 2. The molecule has 2 atom stereocenters. The Balaban J connectivity index is 1.43. The third-order valence-corrected chi connectivity index (χ3v) is 6.92. The summed E-state index contributed by atoms with van der Waals surface area (Å²) >= 11 is 6.36. The minimum absolute atomic E-state index is 0.0201. The zero-order chi connectivity index (χ0) is 28.8. The van der Waals surface area contributed by atoms with Gasteiger partial charge in [0.2, 0.25) is 5.91 Å². The number of carbonyl (C=O) groups is 2. The van der Waals surface area contributed by atoms with Gasteiger partial charge in [-0.05, 0) is 35.9 Å². The first-order valence-electron chi connectivity index (χ1n) is 13.0. The molecule has 0 saturated heterocycles. The number of fused-ring (bicyclic) bond motifs is 1. The number of halogens is 2. The SMILES string of the molecule is COc1c(OCc2ccccc2)cccc1[C@@H]1O[C@@H](CC(=O)NCc2ccccc2F)C(=O)Nc2ccc(Cl)cc21. The van der Waals surface area contributed by atoms with Crippen LogP contribution in [-0.4, -0.2) is 25.0 Å². The molecule has 0 radical (unpaired) electrons. The van der Waals surface area contributed by atoms with Crippen molar-refractivity contribution in [1.82, 2.24) is 5.32 Å². The van der Waals surface area contributed by atoms with Crippen LogP contribution in [-0.2, 0) is 27.5 Å². The van der Waals surface area contributed by atoms with Crippen LogP contribution in [0.1, 0.15) is 34.8 Å². The van der Waals surface area contributed by atoms with E-state index in [0.717, 1.165) is 5.56 Å². The minimum atomic E-state index is -1.16. The van der Waals surface area contributed by atoms with Crippen molar-refractivity contribution >= 4 is 29.1 Å². The molecule has 0 saturated carbocycles. The van der Waals surface area contributed by atoms with Gasteiger partial charge in [0.15, 0.2) is 11.5 Å². The summed E-state index contributed by atoms with van der Waals surface area (Å²) in [5, 5.41) is 5.97. The van der Waals surface area contributed by atoms with E-state index < -0.39 is 29.8 Å². The number of anilines is 1. The number of rotatable bonds is 9. The monoisotopic (exact) mass is 574 g/mol. The molecule has 0 aliphatic carbocycles. The molecule has 0 aromatic heterocycles. The zero-order valence-corrected chi connectivity index (χ0v) is 23.0. The second-order valence-electron chi connectivity index (χ2n) is 9.45. The van der Waals surface area contributed by atoms with E-state index in [4.69, 9.17) is 25.8 Å². The first-order chi connectivity index (χ1) is 19.9. The molecule has 7 nitrogen and oxygen atoms in total. The van der Waals surface area contributed by atoms with E-state index in [1.54, 1.807) is 42.5 Å². The van der Waals surface area contributed by atoms with Crippen molar-refractivity contribution < 1.29 is 28.2 Å². The summed E-state index contributed by atoms with van der Waals surface area (Å²) in [6.07, 6.45) is -2.28. The number of nitrogens with one attached hydrogen (secondary N) is 2. The predicted molar refractivity (Wildman–Crippen MR) is 153 cm³/mol. The number of ether oxygens (including phenoxy) is 3. The number of benzene rings is 4. The van der Waals surface area contributed by atoms with Crippen molar-refractivity contribution in [2.45, 2.75) is 31.8 Å². The van der Waals surface area contributed by atoms with E-state index in [2.05, 4.69) is 10.6 Å². The Kier molecular flexibility index (Phi) is 8.82. The molecule has 4 aromatic carbocycles. The van der Waals surface area contributed by atoms with Crippen LogP contribution in [0.2, 0.25) is 5.02 Å². The van der Waals surface area contributed by atoms with Gasteiger partial charge in [-0.3, -0.25) is 9.59 Å². The Morgan fingerprint density at radius 1 is 1.00 bits per heavy atom. The highest BCUT2D eigenvalue weighted by atomic mass is 35.5. The molecule has 9 heteroatoms. The smallest absolute Gasteiger partial charge is 0.254 e. The molecule has 5 rings (SSSR count). The summed E-state index contributed by atoms with van der Waals surface area (Å²) < 4.78 is 32.3. The fourth-order valence-corrected chi connectivity index (χ4v) is 4.82. The van der Waals surface area contributed by atoms with Gasteiger partial charge in [0.05, 0.1) is 13.5 Å². The molecule has 1 aliphatic rings. The molecule has 1 aliphatic heterocycles. The van der Waals surface area contributed by atoms with Crippen LogP contribution in [0.5, 0.6) is 11.5 Å². The quantitative estimate of drug-likeness (QED) is 0.249. The number of hydrogen-bond donors (Lipinski definition) is 2. The average Bonchev–Trinajstić information content (AvgIpc) is 3.11. The van der Waals surface area contributed by atoms with Crippen LogP contribution in [0.4, 0.5) is 10.1 Å². The van der Waals surface area contributed by atoms with E-state index in [1.165, 1.54) is 13.2 Å². The summed E-state index contributed by atoms with van der Waals surface area (Å²) in [5.74, 6) is -0.471. The van der Waals surface area contributed by atoms with Gasteiger partial charge >= 0.3 is 0 Å². The molecule has 0 fully saturated rings. The first-order valence-corrected chi connectivity index (χ1v) is 13.4. The topological polar surface area (TPSA) is 85.9 Å². The van der Waals surface area contributed by atoms with Gasteiger partial charge in [-0.1, -0.05) is 72.3 Å². The zero-order valence-electron chi connectivity index (χ0n) is 22.2. The molecule has 210 valence electrons. The summed E-state index contributed by atoms with van der Waals surface area (Å²) in [4.78, 5) is 26.1. The Labute approximate surface area is 242 Å². The van der Waals surface area contributed by atoms with E-state index in [9.17, 15) is 14.0 Å². The van der Waals surface area contributed by atoms with Gasteiger partial charge < -0.3 is 24.8 Å². The second-order valence-corrected chi connectivity index (χ2v) is 9.89. The second kappa shape index (κ2) is 12.8. The Hall–Kier alpha value is -4.40. The van der Waals surface area contributed by atoms with Gasteiger partial charge in [-0.15, -0.1) is 0 Å². The van der Waals surface area contributed by atoms with Gasteiger partial charge in [-0.25, -0.2) is 4.39 Å². The molecule has 0 unspecified atom stereocenters. The largest absolute Gasteiger partial charge is 0.492 e. The lowest BCUT2D eigenvalue weighted by atomic mass is 9.98. The lowest BCUT2D eigenvalue weighted by Gasteiger charge is -2.24. The van der Waals surface area contributed by atoms with Crippen molar-refractivity contribution in [3.8, 4) is 11.5 Å². The number of hydrogen-bond acceptors (Lipinski definition) is 5. The van der Waals surface area contributed by atoms with Crippen molar-refractivity contribution in [1.29, 1.82) is 0 Å². The summed E-state index contributed by atoms with van der Waals surface area (Å²) in [6.45, 7) is 0.299. The lowest BCUT2D eigenvalue weighted by molar-refractivity contribution is -0.136. The maximum absolute atomic E-state index is 14.0. The molecule has 2 N–H and O–H groups in total. The normalized spacial score (nSPS) is 16.2. The molecule has 0 spiro atoms. The van der Waals surface area contributed by atoms with Crippen molar-refractivity contribution in [3.63, 3.8) is 0 Å². The maximum Gasteiger partial charge on any atom is 0.254 e. The number of carbonyl (C=O) groups excluding carboxylic acids is 2. The van der Waals surface area contributed by atoms with E-state index >= 15 is 0 Å². The Morgan fingerprint density at radius 2 is 1.78 bits per heavy atom. The summed E-state index contributed by atoms with van der Waals surface area (Å²) in [6, 6.07) is 26.4. The molecule has 2 amide bonds. The Bertz CT molecular complexity index is 1550. The van der Waals surface area contributed by atoms with Crippen LogP contribution < -0.4 is 20.1 Å². The van der Waals surface area contributed by atoms with E-state index in [-0.39, 0.29) is 13.0 Å². The fraction of sp³-hybridized carbons (Fsp3) is 0.188.